The highest BCUT2D eigenvalue weighted by Crippen LogP contribution is 2.35. The van der Waals surface area contributed by atoms with Crippen LogP contribution in [0.5, 0.6) is 5.75 Å². The number of aromatic nitrogens is 4. The van der Waals surface area contributed by atoms with Crippen LogP contribution in [0.15, 0.2) is 71.9 Å². The van der Waals surface area contributed by atoms with Gasteiger partial charge in [0.25, 0.3) is 5.91 Å². The third-order valence-corrected chi connectivity index (χ3v) is 7.60. The first-order chi connectivity index (χ1) is 18.6. The summed E-state index contributed by atoms with van der Waals surface area (Å²) in [7, 11) is 1.65. The number of alkyl halides is 1. The molecule has 38 heavy (non-hydrogen) atoms. The number of thiazole rings is 1. The maximum Gasteiger partial charge on any atom is 0.253 e. The Morgan fingerprint density at radius 2 is 2.18 bits per heavy atom. The van der Waals surface area contributed by atoms with Gasteiger partial charge in [-0.3, -0.25) is 9.20 Å². The van der Waals surface area contributed by atoms with Crippen molar-refractivity contribution in [2.75, 3.05) is 25.5 Å². The van der Waals surface area contributed by atoms with Gasteiger partial charge in [0.15, 0.2) is 4.96 Å². The number of rotatable bonds is 6. The lowest BCUT2D eigenvalue weighted by Crippen LogP contribution is -2.45. The molecular formula is C28H27FN6O2S. The molecule has 1 aliphatic heterocycles. The van der Waals surface area contributed by atoms with Crippen LogP contribution in [0.1, 0.15) is 19.3 Å². The number of benzene rings is 1. The third kappa shape index (κ3) is 4.79. The van der Waals surface area contributed by atoms with Crippen molar-refractivity contribution < 1.29 is 13.9 Å². The molecule has 0 radical (unpaired) electrons. The Morgan fingerprint density at radius 1 is 1.26 bits per heavy atom. The van der Waals surface area contributed by atoms with Gasteiger partial charge in [-0.15, -0.1) is 11.3 Å². The second-order valence-electron chi connectivity index (χ2n) is 9.37. The molecule has 10 heteroatoms. The number of fused-ring (bicyclic) bond motifs is 1. The van der Waals surface area contributed by atoms with Gasteiger partial charge < -0.3 is 15.0 Å². The highest BCUT2D eigenvalue weighted by Gasteiger charge is 2.27. The van der Waals surface area contributed by atoms with Gasteiger partial charge in [0.2, 0.25) is 5.95 Å². The quantitative estimate of drug-likeness (QED) is 0.371. The number of nitrogens with zero attached hydrogens (tertiary/aromatic N) is 5. The van der Waals surface area contributed by atoms with Crippen LogP contribution < -0.4 is 10.1 Å². The Hall–Kier alpha value is -4.05. The van der Waals surface area contributed by atoms with Gasteiger partial charge in [-0.05, 0) is 37.1 Å². The summed E-state index contributed by atoms with van der Waals surface area (Å²) in [5, 5.41) is 5.44. The Morgan fingerprint density at radius 3 is 3.03 bits per heavy atom. The second-order valence-corrected chi connectivity index (χ2v) is 10.2. The average molecular weight is 531 g/mol. The monoisotopic (exact) mass is 530 g/mol. The molecule has 1 N–H and O–H groups in total. The maximum atomic E-state index is 13.4. The van der Waals surface area contributed by atoms with E-state index in [9.17, 15) is 9.18 Å². The van der Waals surface area contributed by atoms with Crippen LogP contribution in [0.4, 0.5) is 10.3 Å². The van der Waals surface area contributed by atoms with Gasteiger partial charge in [-0.2, -0.15) is 0 Å². The molecule has 2 atom stereocenters. The highest BCUT2D eigenvalue weighted by molar-refractivity contribution is 7.15. The molecule has 4 heterocycles. The zero-order chi connectivity index (χ0) is 26.1. The first-order valence-corrected chi connectivity index (χ1v) is 13.5. The normalized spacial score (nSPS) is 19.4. The van der Waals surface area contributed by atoms with E-state index in [1.54, 1.807) is 36.8 Å². The number of anilines is 1. The Labute approximate surface area is 223 Å². The molecule has 1 aromatic carbocycles. The van der Waals surface area contributed by atoms with Crippen molar-refractivity contribution in [1.82, 2.24) is 24.3 Å². The molecule has 194 valence electrons. The first kappa shape index (κ1) is 24.3. The molecule has 6 rings (SSSR count). The van der Waals surface area contributed by atoms with Crippen LogP contribution in [0.3, 0.4) is 0 Å². The standard InChI is InChI=1S/C28H27FN6O2S/c1-37-22-6-2-4-19(16-22)24-25(35-14-15-38-28(35)33-24)23-11-12-30-27(32-23)31-21-5-3-13-34(17-21)26(36)18-7-9-20(29)10-8-18/h2,4,6-9,11-12,14-16,20-21H,3,5,10,13,17H2,1H3,(H,30,31,32). The Bertz CT molecular complexity index is 1540. The van der Waals surface area contributed by atoms with E-state index in [-0.39, 0.29) is 18.4 Å². The summed E-state index contributed by atoms with van der Waals surface area (Å²) in [6.45, 7) is 1.21. The van der Waals surface area contributed by atoms with E-state index >= 15 is 0 Å². The topological polar surface area (TPSA) is 84.7 Å². The molecule has 2 unspecified atom stereocenters. The van der Waals surface area contributed by atoms with Crippen LogP contribution in [0.2, 0.25) is 0 Å². The minimum atomic E-state index is -1.01. The predicted octanol–water partition coefficient (Wildman–Crippen LogP) is 5.16. The summed E-state index contributed by atoms with van der Waals surface area (Å²) in [5.41, 5.74) is 3.94. The molecule has 2 aliphatic rings. The van der Waals surface area contributed by atoms with E-state index in [1.807, 2.05) is 51.2 Å². The summed E-state index contributed by atoms with van der Waals surface area (Å²) in [6.07, 6.45) is 9.46. The van der Waals surface area contributed by atoms with Crippen molar-refractivity contribution >= 4 is 28.2 Å². The minimum absolute atomic E-state index is 0.00880. The number of hydrogen-bond acceptors (Lipinski definition) is 7. The van der Waals surface area contributed by atoms with Crippen molar-refractivity contribution in [3.63, 3.8) is 0 Å². The Kier molecular flexibility index (Phi) is 6.63. The molecule has 0 spiro atoms. The number of hydrogen-bond donors (Lipinski definition) is 1. The Balaban J connectivity index is 1.25. The molecule has 1 saturated heterocycles. The van der Waals surface area contributed by atoms with Crippen molar-refractivity contribution in [2.45, 2.75) is 31.5 Å². The molecule has 0 saturated carbocycles. The molecule has 0 bridgehead atoms. The number of imidazole rings is 1. The summed E-state index contributed by atoms with van der Waals surface area (Å²) in [6, 6.07) is 9.72. The van der Waals surface area contributed by atoms with E-state index in [0.29, 0.717) is 24.6 Å². The number of halogens is 1. The molecular weight excluding hydrogens is 503 g/mol. The predicted molar refractivity (Wildman–Crippen MR) is 146 cm³/mol. The lowest BCUT2D eigenvalue weighted by Gasteiger charge is -2.33. The molecule has 1 fully saturated rings. The van der Waals surface area contributed by atoms with Gasteiger partial charge in [-0.1, -0.05) is 24.3 Å². The van der Waals surface area contributed by atoms with Crippen molar-refractivity contribution in [3.05, 3.63) is 71.9 Å². The highest BCUT2D eigenvalue weighted by atomic mass is 32.1. The van der Waals surface area contributed by atoms with E-state index in [0.717, 1.165) is 46.2 Å². The number of carbonyl (C=O) groups excluding carboxylic acids is 1. The smallest absolute Gasteiger partial charge is 0.253 e. The number of amides is 1. The fourth-order valence-electron chi connectivity index (χ4n) is 4.96. The van der Waals surface area contributed by atoms with Gasteiger partial charge >= 0.3 is 0 Å². The van der Waals surface area contributed by atoms with Crippen LogP contribution in [0.25, 0.3) is 27.6 Å². The van der Waals surface area contributed by atoms with Crippen LogP contribution in [-0.2, 0) is 4.79 Å². The summed E-state index contributed by atoms with van der Waals surface area (Å²) in [4.78, 5) is 29.9. The number of nitrogens with one attached hydrogen (secondary N) is 1. The van der Waals surface area contributed by atoms with E-state index in [2.05, 4.69) is 10.3 Å². The third-order valence-electron chi connectivity index (χ3n) is 6.84. The van der Waals surface area contributed by atoms with E-state index in [4.69, 9.17) is 14.7 Å². The first-order valence-electron chi connectivity index (χ1n) is 12.6. The zero-order valence-corrected chi connectivity index (χ0v) is 21.7. The van der Waals surface area contributed by atoms with Crippen LogP contribution >= 0.6 is 11.3 Å². The number of methoxy groups -OCH3 is 1. The largest absolute Gasteiger partial charge is 0.497 e. The number of allylic oxidation sites excluding steroid dienone is 2. The second kappa shape index (κ2) is 10.4. The average Bonchev–Trinajstić information content (AvgIpc) is 3.55. The molecule has 4 aromatic rings. The number of ether oxygens (including phenoxy) is 1. The van der Waals surface area contributed by atoms with Gasteiger partial charge in [0, 0.05) is 54.5 Å². The van der Waals surface area contributed by atoms with Crippen molar-refractivity contribution in [1.29, 1.82) is 0 Å². The van der Waals surface area contributed by atoms with Crippen molar-refractivity contribution in [3.8, 4) is 28.4 Å². The van der Waals surface area contributed by atoms with Gasteiger partial charge in [0.05, 0.1) is 18.5 Å². The molecule has 8 nitrogen and oxygen atoms in total. The maximum absolute atomic E-state index is 13.4. The SMILES string of the molecule is COc1cccc(-c2nc3sccn3c2-c2ccnc(NC3CCCN(C(=O)C4=CCC(F)C=C4)C3)n2)c1. The van der Waals surface area contributed by atoms with E-state index < -0.39 is 6.17 Å². The number of carbonyl (C=O) groups is 1. The summed E-state index contributed by atoms with van der Waals surface area (Å²) < 4.78 is 20.9. The fraction of sp³-hybridized carbons (Fsp3) is 0.286. The molecule has 1 aliphatic carbocycles. The number of likely N-dealkylation sites (tertiary alicyclic amines) is 1. The van der Waals surface area contributed by atoms with E-state index in [1.165, 1.54) is 6.08 Å². The zero-order valence-electron chi connectivity index (χ0n) is 20.9. The van der Waals surface area contributed by atoms with Crippen molar-refractivity contribution in [2.24, 2.45) is 0 Å². The van der Waals surface area contributed by atoms with Crippen LogP contribution in [0, 0.1) is 0 Å². The van der Waals surface area contributed by atoms with Crippen LogP contribution in [-0.4, -0.2) is 62.6 Å². The fourth-order valence-corrected chi connectivity index (χ4v) is 5.67. The lowest BCUT2D eigenvalue weighted by molar-refractivity contribution is -0.127. The summed E-state index contributed by atoms with van der Waals surface area (Å²) in [5.74, 6) is 1.20. The van der Waals surface area contributed by atoms with Gasteiger partial charge in [-0.25, -0.2) is 19.3 Å². The summed E-state index contributed by atoms with van der Waals surface area (Å²) >= 11 is 1.56. The molecule has 3 aromatic heterocycles. The lowest BCUT2D eigenvalue weighted by atomic mass is 10.0. The minimum Gasteiger partial charge on any atom is -0.497 e. The van der Waals surface area contributed by atoms with Gasteiger partial charge in [0.1, 0.15) is 17.6 Å². The molecule has 1 amide bonds. The number of piperidine rings is 1.